The molecule has 3 aromatic rings. The summed E-state index contributed by atoms with van der Waals surface area (Å²) in [5.74, 6) is -1.14. The zero-order valence-electron chi connectivity index (χ0n) is 15.6. The molecule has 9 heteroatoms. The van der Waals surface area contributed by atoms with Crippen molar-refractivity contribution in [2.45, 2.75) is 37.8 Å². The fourth-order valence-electron chi connectivity index (χ4n) is 3.96. The molecule has 1 saturated carbocycles. The Kier molecular flexibility index (Phi) is 4.65. The Bertz CT molecular complexity index is 1150. The summed E-state index contributed by atoms with van der Waals surface area (Å²) < 4.78 is 42.2. The van der Waals surface area contributed by atoms with Gasteiger partial charge in [0.05, 0.1) is 29.6 Å². The summed E-state index contributed by atoms with van der Waals surface area (Å²) >= 11 is 0. The average molecular weight is 401 g/mol. The first-order chi connectivity index (χ1) is 13.8. The number of benzene rings is 1. The first kappa shape index (κ1) is 19.2. The van der Waals surface area contributed by atoms with E-state index >= 15 is 0 Å². The summed E-state index contributed by atoms with van der Waals surface area (Å²) in [6.45, 7) is 0. The van der Waals surface area contributed by atoms with Crippen molar-refractivity contribution < 1.29 is 13.2 Å². The van der Waals surface area contributed by atoms with Crippen LogP contribution < -0.4 is 5.56 Å². The lowest BCUT2D eigenvalue weighted by atomic mass is 9.81. The predicted molar refractivity (Wildman–Crippen MR) is 99.6 cm³/mol. The Morgan fingerprint density at radius 2 is 1.79 bits per heavy atom. The lowest BCUT2D eigenvalue weighted by Crippen LogP contribution is -2.31. The van der Waals surface area contributed by atoms with E-state index < -0.39 is 12.1 Å². The number of alkyl halides is 3. The number of aromatic nitrogens is 4. The first-order valence-corrected chi connectivity index (χ1v) is 9.31. The van der Waals surface area contributed by atoms with Gasteiger partial charge in [-0.2, -0.15) is 18.4 Å². The second-order valence-electron chi connectivity index (χ2n) is 7.39. The van der Waals surface area contributed by atoms with Crippen LogP contribution in [-0.2, 0) is 7.05 Å². The standard InChI is InChI=1S/C20H18F3N5O/c1-27-11-25-16-18(27)26-17(13-4-6-14(7-5-13)20(21,22)23)28(19(16)29)15-8-2-12(10-24)3-9-15/h2-3,8-9,11,13-14H,4-7H2,1H3. The van der Waals surface area contributed by atoms with Crippen LogP contribution in [0.4, 0.5) is 13.2 Å². The van der Waals surface area contributed by atoms with Crippen molar-refractivity contribution >= 4 is 11.2 Å². The molecule has 1 aromatic carbocycles. The molecule has 6 nitrogen and oxygen atoms in total. The van der Waals surface area contributed by atoms with Crippen LogP contribution in [0.5, 0.6) is 0 Å². The molecule has 0 spiro atoms. The summed E-state index contributed by atoms with van der Waals surface area (Å²) in [4.78, 5) is 22.0. The second kappa shape index (κ2) is 7.03. The Labute approximate surface area is 164 Å². The summed E-state index contributed by atoms with van der Waals surface area (Å²) in [6.07, 6.45) is -2.07. The fourth-order valence-corrected chi connectivity index (χ4v) is 3.96. The predicted octanol–water partition coefficient (Wildman–Crippen LogP) is 3.83. The largest absolute Gasteiger partial charge is 0.391 e. The van der Waals surface area contributed by atoms with Crippen LogP contribution in [0.3, 0.4) is 0 Å². The zero-order chi connectivity index (χ0) is 20.8. The van der Waals surface area contributed by atoms with Gasteiger partial charge in [-0.1, -0.05) is 0 Å². The smallest absolute Gasteiger partial charge is 0.318 e. The Morgan fingerprint density at radius 1 is 1.14 bits per heavy atom. The van der Waals surface area contributed by atoms with E-state index in [2.05, 4.69) is 9.97 Å². The molecule has 0 aliphatic heterocycles. The number of nitrogens with zero attached hydrogens (tertiary/aromatic N) is 5. The van der Waals surface area contributed by atoms with E-state index in [4.69, 9.17) is 5.26 Å². The number of imidazole rings is 1. The third-order valence-electron chi connectivity index (χ3n) is 5.57. The molecule has 4 rings (SSSR count). The third-order valence-corrected chi connectivity index (χ3v) is 5.57. The molecule has 1 aliphatic carbocycles. The molecule has 0 amide bonds. The summed E-state index contributed by atoms with van der Waals surface area (Å²) in [6, 6.07) is 8.49. The summed E-state index contributed by atoms with van der Waals surface area (Å²) in [7, 11) is 1.72. The van der Waals surface area contributed by atoms with E-state index in [-0.39, 0.29) is 29.8 Å². The monoisotopic (exact) mass is 401 g/mol. The number of rotatable bonds is 2. The van der Waals surface area contributed by atoms with Gasteiger partial charge in [-0.05, 0) is 49.9 Å². The van der Waals surface area contributed by atoms with Crippen LogP contribution in [0, 0.1) is 17.2 Å². The van der Waals surface area contributed by atoms with Gasteiger partial charge in [-0.15, -0.1) is 0 Å². The van der Waals surface area contributed by atoms with Crippen LogP contribution in [0.25, 0.3) is 16.9 Å². The number of aryl methyl sites for hydroxylation is 1. The van der Waals surface area contributed by atoms with Gasteiger partial charge >= 0.3 is 6.18 Å². The quantitative estimate of drug-likeness (QED) is 0.654. The highest BCUT2D eigenvalue weighted by Crippen LogP contribution is 2.42. The molecule has 0 bridgehead atoms. The number of halogens is 3. The highest BCUT2D eigenvalue weighted by molar-refractivity contribution is 5.70. The van der Waals surface area contributed by atoms with Crippen LogP contribution in [0.1, 0.15) is 43.0 Å². The molecule has 0 saturated heterocycles. The van der Waals surface area contributed by atoms with Gasteiger partial charge in [-0.25, -0.2) is 9.97 Å². The number of fused-ring (bicyclic) bond motifs is 1. The van der Waals surface area contributed by atoms with E-state index in [0.717, 1.165) is 0 Å². The van der Waals surface area contributed by atoms with Gasteiger partial charge in [0.15, 0.2) is 11.2 Å². The first-order valence-electron chi connectivity index (χ1n) is 9.31. The maximum atomic E-state index is 13.2. The molecule has 150 valence electrons. The maximum absolute atomic E-state index is 13.2. The Morgan fingerprint density at radius 3 is 2.38 bits per heavy atom. The highest BCUT2D eigenvalue weighted by Gasteiger charge is 2.42. The van der Waals surface area contributed by atoms with Crippen molar-refractivity contribution in [3.05, 3.63) is 52.3 Å². The van der Waals surface area contributed by atoms with Crippen molar-refractivity contribution in [2.24, 2.45) is 13.0 Å². The number of hydrogen-bond acceptors (Lipinski definition) is 4. The third kappa shape index (κ3) is 3.39. The van der Waals surface area contributed by atoms with E-state index in [1.54, 1.807) is 35.9 Å². The zero-order valence-corrected chi connectivity index (χ0v) is 15.6. The van der Waals surface area contributed by atoms with Crippen LogP contribution in [-0.4, -0.2) is 25.3 Å². The van der Waals surface area contributed by atoms with Gasteiger partial charge < -0.3 is 4.57 Å². The summed E-state index contributed by atoms with van der Waals surface area (Å²) in [5, 5.41) is 9.01. The van der Waals surface area contributed by atoms with Gasteiger partial charge in [0.25, 0.3) is 5.56 Å². The minimum Gasteiger partial charge on any atom is -0.318 e. The maximum Gasteiger partial charge on any atom is 0.391 e. The van der Waals surface area contributed by atoms with Crippen molar-refractivity contribution in [1.29, 1.82) is 5.26 Å². The average Bonchev–Trinajstić information content (AvgIpc) is 3.09. The molecule has 29 heavy (non-hydrogen) atoms. The summed E-state index contributed by atoms with van der Waals surface area (Å²) in [5.41, 5.74) is 1.20. The topological polar surface area (TPSA) is 76.5 Å². The lowest BCUT2D eigenvalue weighted by molar-refractivity contribution is -0.182. The van der Waals surface area contributed by atoms with Gasteiger partial charge in [-0.3, -0.25) is 9.36 Å². The minimum atomic E-state index is -4.20. The van der Waals surface area contributed by atoms with Gasteiger partial charge in [0.1, 0.15) is 5.82 Å². The molecule has 0 N–H and O–H groups in total. The number of nitriles is 1. The van der Waals surface area contributed by atoms with Crippen LogP contribution >= 0.6 is 0 Å². The van der Waals surface area contributed by atoms with Crippen LogP contribution in [0.2, 0.25) is 0 Å². The molecule has 0 unspecified atom stereocenters. The van der Waals surface area contributed by atoms with Crippen LogP contribution in [0.15, 0.2) is 35.4 Å². The van der Waals surface area contributed by atoms with Gasteiger partial charge in [0.2, 0.25) is 0 Å². The van der Waals surface area contributed by atoms with Crippen molar-refractivity contribution in [2.75, 3.05) is 0 Å². The Balaban J connectivity index is 1.83. The highest BCUT2D eigenvalue weighted by atomic mass is 19.4. The van der Waals surface area contributed by atoms with Crippen molar-refractivity contribution in [3.63, 3.8) is 0 Å². The second-order valence-corrected chi connectivity index (χ2v) is 7.39. The normalized spacial score (nSPS) is 20.0. The molecular formula is C20H18F3N5O. The molecule has 1 fully saturated rings. The Hall–Kier alpha value is -3.15. The van der Waals surface area contributed by atoms with Gasteiger partial charge in [0, 0.05) is 13.0 Å². The van der Waals surface area contributed by atoms with E-state index in [1.807, 2.05) is 6.07 Å². The fraction of sp³-hybridized carbons (Fsp3) is 0.400. The van der Waals surface area contributed by atoms with Crippen molar-refractivity contribution in [3.8, 4) is 11.8 Å². The molecule has 1 aliphatic rings. The number of hydrogen-bond donors (Lipinski definition) is 0. The van der Waals surface area contributed by atoms with Crippen molar-refractivity contribution in [1.82, 2.24) is 19.1 Å². The molecule has 0 radical (unpaired) electrons. The molecule has 0 atom stereocenters. The van der Waals surface area contributed by atoms with E-state index in [0.29, 0.717) is 35.6 Å². The lowest BCUT2D eigenvalue weighted by Gasteiger charge is -2.30. The van der Waals surface area contributed by atoms with E-state index in [9.17, 15) is 18.0 Å². The minimum absolute atomic E-state index is 0.0147. The molecule has 2 aromatic heterocycles. The SMILES string of the molecule is Cn1cnc2c(=O)n(-c3ccc(C#N)cc3)c(C3CCC(C(F)(F)F)CC3)nc21. The molecule has 2 heterocycles. The molecular weight excluding hydrogens is 383 g/mol. The van der Waals surface area contributed by atoms with E-state index in [1.165, 1.54) is 10.9 Å².